The van der Waals surface area contributed by atoms with Crippen LogP contribution in [0.25, 0.3) is 0 Å². The largest absolute Gasteiger partial charge is 0.349 e. The van der Waals surface area contributed by atoms with Gasteiger partial charge in [0.1, 0.15) is 11.5 Å². The summed E-state index contributed by atoms with van der Waals surface area (Å²) >= 11 is 1.91. The van der Waals surface area contributed by atoms with Crippen molar-refractivity contribution in [2.45, 2.75) is 24.5 Å². The van der Waals surface area contributed by atoms with Crippen LogP contribution in [0.3, 0.4) is 0 Å². The molecular weight excluding hydrogens is 468 g/mol. The average Bonchev–Trinajstić information content (AvgIpc) is 3.28. The van der Waals surface area contributed by atoms with Crippen LogP contribution in [0.1, 0.15) is 19.8 Å². The van der Waals surface area contributed by atoms with Crippen molar-refractivity contribution in [1.29, 1.82) is 0 Å². The molecule has 4 nitrogen and oxygen atoms in total. The smallest absolute Gasteiger partial charge is 0.238 e. The van der Waals surface area contributed by atoms with Crippen LogP contribution in [0.4, 0.5) is 30.2 Å². The zero-order chi connectivity index (χ0) is 18.4. The molecule has 0 atom stereocenters. The molecule has 2 aromatic carbocycles. The Bertz CT molecular complexity index is 947. The molecule has 2 N–H and O–H groups in total. The van der Waals surface area contributed by atoms with Crippen molar-refractivity contribution in [3.63, 3.8) is 0 Å². The zero-order valence-corrected chi connectivity index (χ0v) is 16.0. The molecule has 3 rings (SSSR count). The third-order valence-corrected chi connectivity index (χ3v) is 7.00. The third kappa shape index (κ3) is 3.57. The summed E-state index contributed by atoms with van der Waals surface area (Å²) in [7, 11) is -3.77. The second kappa shape index (κ2) is 6.35. The normalized spacial score (nSPS) is 15.7. The summed E-state index contributed by atoms with van der Waals surface area (Å²) in [6, 6.07) is 6.09. The van der Waals surface area contributed by atoms with E-state index >= 15 is 0 Å². The molecule has 0 bridgehead atoms. The lowest BCUT2D eigenvalue weighted by Crippen LogP contribution is -2.27. The van der Waals surface area contributed by atoms with Crippen LogP contribution in [0, 0.1) is 21.0 Å². The number of halogens is 4. The van der Waals surface area contributed by atoms with E-state index in [1.807, 2.05) is 22.6 Å². The van der Waals surface area contributed by atoms with E-state index < -0.39 is 37.9 Å². The molecule has 0 spiro atoms. The number of sulfonamides is 1. The van der Waals surface area contributed by atoms with E-state index in [2.05, 4.69) is 10.0 Å². The first-order chi connectivity index (χ1) is 11.6. The number of hydrogen-bond donors (Lipinski definition) is 2. The summed E-state index contributed by atoms with van der Waals surface area (Å²) in [5.74, 6) is -3.13. The average molecular weight is 482 g/mol. The summed E-state index contributed by atoms with van der Waals surface area (Å²) < 4.78 is 68.6. The minimum Gasteiger partial charge on any atom is -0.349 e. The van der Waals surface area contributed by atoms with Crippen molar-refractivity contribution in [2.75, 3.05) is 10.0 Å². The number of hydrogen-bond acceptors (Lipinski definition) is 3. The Morgan fingerprint density at radius 3 is 2.28 bits per heavy atom. The van der Waals surface area contributed by atoms with Gasteiger partial charge in [-0.2, -0.15) is 0 Å². The highest BCUT2D eigenvalue weighted by atomic mass is 127. The Labute approximate surface area is 157 Å². The van der Waals surface area contributed by atoms with Crippen molar-refractivity contribution in [3.8, 4) is 0 Å². The molecule has 0 radical (unpaired) electrons. The summed E-state index contributed by atoms with van der Waals surface area (Å²) in [5.41, 5.74) is -0.735. The maximum Gasteiger partial charge on any atom is 0.238 e. The lowest BCUT2D eigenvalue weighted by molar-refractivity contribution is 0.512. The lowest BCUT2D eigenvalue weighted by atomic mass is 10.2. The third-order valence-electron chi connectivity index (χ3n) is 4.13. The van der Waals surface area contributed by atoms with Crippen LogP contribution in [0.5, 0.6) is 0 Å². The molecule has 0 aliphatic heterocycles. The van der Waals surface area contributed by atoms with Crippen LogP contribution < -0.4 is 10.0 Å². The molecular formula is C16H14F3IN2O2S. The van der Waals surface area contributed by atoms with Gasteiger partial charge in [-0.15, -0.1) is 0 Å². The van der Waals surface area contributed by atoms with Crippen molar-refractivity contribution in [1.82, 2.24) is 0 Å². The Balaban J connectivity index is 2.01. The first-order valence-corrected chi connectivity index (χ1v) is 9.92. The first kappa shape index (κ1) is 18.3. The topological polar surface area (TPSA) is 58.2 Å². The van der Waals surface area contributed by atoms with Gasteiger partial charge in [-0.25, -0.2) is 21.6 Å². The van der Waals surface area contributed by atoms with E-state index in [4.69, 9.17) is 0 Å². The number of nitrogens with one attached hydrogen (secondary N) is 2. The maximum atomic E-state index is 14.2. The highest BCUT2D eigenvalue weighted by molar-refractivity contribution is 14.1. The SMILES string of the molecule is CC1(S(=O)(=O)Nc2ccc(F)c(F)c2Nc2ccc(I)cc2F)CC1. The second-order valence-electron chi connectivity index (χ2n) is 6.09. The molecule has 2 aromatic rings. The fourth-order valence-corrected chi connectivity index (χ4v) is 3.99. The minimum atomic E-state index is -3.77. The van der Waals surface area contributed by atoms with Gasteiger partial charge in [0.05, 0.1) is 16.1 Å². The second-order valence-corrected chi connectivity index (χ2v) is 9.53. The van der Waals surface area contributed by atoms with Crippen LogP contribution in [0.15, 0.2) is 30.3 Å². The maximum absolute atomic E-state index is 14.2. The Kier molecular flexibility index (Phi) is 4.65. The molecule has 1 aliphatic carbocycles. The molecule has 1 fully saturated rings. The Morgan fingerprint density at radius 2 is 1.68 bits per heavy atom. The number of rotatable bonds is 5. The quantitative estimate of drug-likeness (QED) is 0.606. The van der Waals surface area contributed by atoms with E-state index in [0.717, 1.165) is 12.1 Å². The Morgan fingerprint density at radius 1 is 1.04 bits per heavy atom. The van der Waals surface area contributed by atoms with Gasteiger partial charge in [0.2, 0.25) is 10.0 Å². The van der Waals surface area contributed by atoms with Crippen LogP contribution in [0.2, 0.25) is 0 Å². The predicted octanol–water partition coefficient (Wildman–Crippen LogP) is 4.75. The summed E-state index contributed by atoms with van der Waals surface area (Å²) in [6.45, 7) is 1.57. The van der Waals surface area contributed by atoms with Crippen molar-refractivity contribution < 1.29 is 21.6 Å². The molecule has 0 heterocycles. The van der Waals surface area contributed by atoms with E-state index in [1.165, 1.54) is 12.1 Å². The van der Waals surface area contributed by atoms with Crippen molar-refractivity contribution in [2.24, 2.45) is 0 Å². The van der Waals surface area contributed by atoms with E-state index in [9.17, 15) is 21.6 Å². The Hall–Kier alpha value is -1.49. The van der Waals surface area contributed by atoms with Gasteiger partial charge in [-0.05, 0) is 72.7 Å². The highest BCUT2D eigenvalue weighted by Gasteiger charge is 2.50. The first-order valence-electron chi connectivity index (χ1n) is 7.35. The fraction of sp³-hybridized carbons (Fsp3) is 0.250. The van der Waals surface area contributed by atoms with Crippen LogP contribution >= 0.6 is 22.6 Å². The number of benzene rings is 2. The predicted molar refractivity (Wildman–Crippen MR) is 98.9 cm³/mol. The molecule has 0 saturated heterocycles. The highest BCUT2D eigenvalue weighted by Crippen LogP contribution is 2.44. The molecule has 9 heteroatoms. The standard InChI is InChI=1S/C16H14F3IN2O2S/c1-16(6-7-16)25(23,24)22-13-5-3-10(17)14(19)15(13)21-12-4-2-9(20)8-11(12)18/h2-5,8,21-22H,6-7H2,1H3. The van der Waals surface area contributed by atoms with Gasteiger partial charge < -0.3 is 5.32 Å². The van der Waals surface area contributed by atoms with Crippen LogP contribution in [-0.4, -0.2) is 13.2 Å². The van der Waals surface area contributed by atoms with Crippen molar-refractivity contribution in [3.05, 3.63) is 51.4 Å². The zero-order valence-electron chi connectivity index (χ0n) is 13.0. The van der Waals surface area contributed by atoms with E-state index in [1.54, 1.807) is 13.0 Å². The monoisotopic (exact) mass is 482 g/mol. The van der Waals surface area contributed by atoms with Gasteiger partial charge >= 0.3 is 0 Å². The molecule has 0 aromatic heterocycles. The summed E-state index contributed by atoms with van der Waals surface area (Å²) in [4.78, 5) is 0. The van der Waals surface area contributed by atoms with Gasteiger partial charge in [-0.3, -0.25) is 4.72 Å². The van der Waals surface area contributed by atoms with Gasteiger partial charge in [0, 0.05) is 3.57 Å². The minimum absolute atomic E-state index is 0.0944. The molecule has 0 amide bonds. The van der Waals surface area contributed by atoms with Crippen molar-refractivity contribution >= 4 is 49.7 Å². The van der Waals surface area contributed by atoms with Gasteiger partial charge in [0.25, 0.3) is 0 Å². The fourth-order valence-electron chi connectivity index (χ4n) is 2.20. The molecule has 1 saturated carbocycles. The molecule has 134 valence electrons. The summed E-state index contributed by atoms with van der Waals surface area (Å²) in [5, 5.41) is 2.45. The van der Waals surface area contributed by atoms with Crippen LogP contribution in [-0.2, 0) is 10.0 Å². The summed E-state index contributed by atoms with van der Waals surface area (Å²) in [6.07, 6.45) is 0.973. The van der Waals surface area contributed by atoms with E-state index in [0.29, 0.717) is 16.4 Å². The number of anilines is 3. The molecule has 1 aliphatic rings. The van der Waals surface area contributed by atoms with Gasteiger partial charge in [0.15, 0.2) is 11.6 Å². The lowest BCUT2D eigenvalue weighted by Gasteiger charge is -2.18. The van der Waals surface area contributed by atoms with Gasteiger partial charge in [-0.1, -0.05) is 0 Å². The molecule has 25 heavy (non-hydrogen) atoms. The van der Waals surface area contributed by atoms with E-state index in [-0.39, 0.29) is 11.4 Å². The molecule has 0 unspecified atom stereocenters.